The lowest BCUT2D eigenvalue weighted by Gasteiger charge is -2.11. The standard InChI is InChI=1S/C13H17ClN2O.ClH/c1-9-2-3-11(12(14)6-9)13(17)16-8-10-4-5-15-7-10;/h2-3,6,10,15H,4-5,7-8H2,1H3,(H,16,17);1H. The Balaban J connectivity index is 0.00000162. The molecular formula is C13H18Cl2N2O. The molecule has 0 saturated carbocycles. The van der Waals surface area contributed by atoms with Crippen molar-refractivity contribution in [2.45, 2.75) is 13.3 Å². The number of carbonyl (C=O) groups is 1. The van der Waals surface area contributed by atoms with E-state index in [1.54, 1.807) is 6.07 Å². The molecule has 0 bridgehead atoms. The number of nitrogens with one attached hydrogen (secondary N) is 2. The van der Waals surface area contributed by atoms with Crippen LogP contribution in [-0.4, -0.2) is 25.5 Å². The SMILES string of the molecule is Cc1ccc(C(=O)NCC2CCNC2)c(Cl)c1.Cl. The molecule has 1 fully saturated rings. The summed E-state index contributed by atoms with van der Waals surface area (Å²) in [5.41, 5.74) is 1.62. The summed E-state index contributed by atoms with van der Waals surface area (Å²) in [6.45, 7) is 4.71. The Morgan fingerprint density at radius 1 is 1.56 bits per heavy atom. The van der Waals surface area contributed by atoms with Gasteiger partial charge in [0.1, 0.15) is 0 Å². The first-order chi connectivity index (χ1) is 8.16. The van der Waals surface area contributed by atoms with Gasteiger partial charge in [0.25, 0.3) is 5.91 Å². The molecule has 1 amide bonds. The minimum absolute atomic E-state index is 0. The van der Waals surface area contributed by atoms with Crippen molar-refractivity contribution in [1.82, 2.24) is 10.6 Å². The number of benzene rings is 1. The molecule has 1 aliphatic heterocycles. The number of rotatable bonds is 3. The summed E-state index contributed by atoms with van der Waals surface area (Å²) in [5, 5.41) is 6.74. The van der Waals surface area contributed by atoms with Gasteiger partial charge >= 0.3 is 0 Å². The second-order valence-electron chi connectivity index (χ2n) is 4.55. The zero-order chi connectivity index (χ0) is 12.3. The van der Waals surface area contributed by atoms with E-state index < -0.39 is 0 Å². The first-order valence-electron chi connectivity index (χ1n) is 5.92. The average molecular weight is 289 g/mol. The Labute approximate surface area is 119 Å². The van der Waals surface area contributed by atoms with E-state index in [9.17, 15) is 4.79 Å². The monoisotopic (exact) mass is 288 g/mol. The molecule has 0 aliphatic carbocycles. The molecule has 3 nitrogen and oxygen atoms in total. The summed E-state index contributed by atoms with van der Waals surface area (Å²) < 4.78 is 0. The van der Waals surface area contributed by atoms with E-state index in [2.05, 4.69) is 10.6 Å². The minimum atomic E-state index is -0.0816. The lowest BCUT2D eigenvalue weighted by Crippen LogP contribution is -2.30. The zero-order valence-electron chi connectivity index (χ0n) is 10.3. The number of hydrogen-bond donors (Lipinski definition) is 2. The molecule has 0 spiro atoms. The fourth-order valence-electron chi connectivity index (χ4n) is 2.03. The average Bonchev–Trinajstić information content (AvgIpc) is 2.78. The van der Waals surface area contributed by atoms with Gasteiger partial charge in [-0.15, -0.1) is 12.4 Å². The summed E-state index contributed by atoms with van der Waals surface area (Å²) in [7, 11) is 0. The first-order valence-corrected chi connectivity index (χ1v) is 6.29. The van der Waals surface area contributed by atoms with Gasteiger partial charge in [-0.05, 0) is 50.0 Å². The van der Waals surface area contributed by atoms with Crippen LogP contribution in [0.4, 0.5) is 0 Å². The van der Waals surface area contributed by atoms with E-state index in [0.29, 0.717) is 16.5 Å². The van der Waals surface area contributed by atoms with Crippen LogP contribution in [-0.2, 0) is 0 Å². The highest BCUT2D eigenvalue weighted by Crippen LogP contribution is 2.17. The summed E-state index contributed by atoms with van der Waals surface area (Å²) in [5.74, 6) is 0.463. The van der Waals surface area contributed by atoms with Crippen LogP contribution in [0, 0.1) is 12.8 Å². The smallest absolute Gasteiger partial charge is 0.252 e. The maximum Gasteiger partial charge on any atom is 0.252 e. The van der Waals surface area contributed by atoms with Gasteiger partial charge in [-0.2, -0.15) is 0 Å². The van der Waals surface area contributed by atoms with Crippen LogP contribution in [0.15, 0.2) is 18.2 Å². The maximum absolute atomic E-state index is 11.9. The molecule has 2 rings (SSSR count). The Morgan fingerprint density at radius 2 is 2.33 bits per heavy atom. The van der Waals surface area contributed by atoms with Crippen molar-refractivity contribution in [3.63, 3.8) is 0 Å². The van der Waals surface area contributed by atoms with Crippen LogP contribution >= 0.6 is 24.0 Å². The molecule has 0 radical (unpaired) electrons. The fraction of sp³-hybridized carbons (Fsp3) is 0.462. The van der Waals surface area contributed by atoms with E-state index >= 15 is 0 Å². The van der Waals surface area contributed by atoms with Crippen LogP contribution in [0.25, 0.3) is 0 Å². The molecule has 1 heterocycles. The van der Waals surface area contributed by atoms with E-state index in [1.165, 1.54) is 0 Å². The van der Waals surface area contributed by atoms with Crippen LogP contribution in [0.5, 0.6) is 0 Å². The Morgan fingerprint density at radius 3 is 2.94 bits per heavy atom. The normalized spacial score (nSPS) is 18.2. The van der Waals surface area contributed by atoms with Gasteiger partial charge in [-0.3, -0.25) is 4.79 Å². The third-order valence-electron chi connectivity index (χ3n) is 3.08. The third-order valence-corrected chi connectivity index (χ3v) is 3.40. The van der Waals surface area contributed by atoms with Crippen LogP contribution < -0.4 is 10.6 Å². The highest BCUT2D eigenvalue weighted by Gasteiger charge is 2.16. The van der Waals surface area contributed by atoms with E-state index in [0.717, 1.165) is 31.6 Å². The number of amides is 1. The second kappa shape index (κ2) is 6.98. The molecule has 1 aromatic rings. The van der Waals surface area contributed by atoms with Crippen molar-refractivity contribution in [1.29, 1.82) is 0 Å². The molecule has 5 heteroatoms. The van der Waals surface area contributed by atoms with Crippen molar-refractivity contribution < 1.29 is 4.79 Å². The fourth-order valence-corrected chi connectivity index (χ4v) is 2.35. The van der Waals surface area contributed by atoms with Crippen molar-refractivity contribution in [3.8, 4) is 0 Å². The van der Waals surface area contributed by atoms with Gasteiger partial charge in [-0.25, -0.2) is 0 Å². The lowest BCUT2D eigenvalue weighted by atomic mass is 10.1. The predicted octanol–water partition coefficient (Wildman–Crippen LogP) is 2.41. The summed E-state index contributed by atoms with van der Waals surface area (Å²) >= 11 is 6.05. The number of halogens is 2. The Hall–Kier alpha value is -0.770. The highest BCUT2D eigenvalue weighted by molar-refractivity contribution is 6.33. The number of aryl methyl sites for hydroxylation is 1. The van der Waals surface area contributed by atoms with E-state index in [4.69, 9.17) is 11.6 Å². The molecular weight excluding hydrogens is 271 g/mol. The topological polar surface area (TPSA) is 41.1 Å². The minimum Gasteiger partial charge on any atom is -0.352 e. The molecule has 100 valence electrons. The van der Waals surface area contributed by atoms with Gasteiger partial charge in [-0.1, -0.05) is 17.7 Å². The predicted molar refractivity (Wildman–Crippen MR) is 76.7 cm³/mol. The third kappa shape index (κ3) is 3.87. The Kier molecular flexibility index (Phi) is 5.93. The van der Waals surface area contributed by atoms with Gasteiger partial charge in [0, 0.05) is 6.54 Å². The lowest BCUT2D eigenvalue weighted by molar-refractivity contribution is 0.0948. The quantitative estimate of drug-likeness (QED) is 0.897. The van der Waals surface area contributed by atoms with Gasteiger partial charge in [0.05, 0.1) is 10.6 Å². The molecule has 1 saturated heterocycles. The van der Waals surface area contributed by atoms with Crippen LogP contribution in [0.2, 0.25) is 5.02 Å². The molecule has 1 atom stereocenters. The number of carbonyl (C=O) groups excluding carboxylic acids is 1. The van der Waals surface area contributed by atoms with Crippen molar-refractivity contribution in [2.24, 2.45) is 5.92 Å². The van der Waals surface area contributed by atoms with Crippen LogP contribution in [0.1, 0.15) is 22.3 Å². The largest absolute Gasteiger partial charge is 0.352 e. The number of hydrogen-bond acceptors (Lipinski definition) is 2. The molecule has 1 unspecified atom stereocenters. The summed E-state index contributed by atoms with van der Waals surface area (Å²) in [4.78, 5) is 11.9. The zero-order valence-corrected chi connectivity index (χ0v) is 11.9. The van der Waals surface area contributed by atoms with E-state index in [-0.39, 0.29) is 18.3 Å². The maximum atomic E-state index is 11.9. The van der Waals surface area contributed by atoms with Gasteiger partial charge in [0.2, 0.25) is 0 Å². The van der Waals surface area contributed by atoms with Crippen LogP contribution in [0.3, 0.4) is 0 Å². The Bertz CT molecular complexity index is 417. The van der Waals surface area contributed by atoms with Crippen molar-refractivity contribution in [2.75, 3.05) is 19.6 Å². The summed E-state index contributed by atoms with van der Waals surface area (Å²) in [6, 6.07) is 5.49. The van der Waals surface area contributed by atoms with Gasteiger partial charge in [0.15, 0.2) is 0 Å². The molecule has 2 N–H and O–H groups in total. The van der Waals surface area contributed by atoms with E-state index in [1.807, 2.05) is 19.1 Å². The van der Waals surface area contributed by atoms with Crippen molar-refractivity contribution >= 4 is 29.9 Å². The van der Waals surface area contributed by atoms with Crippen molar-refractivity contribution in [3.05, 3.63) is 34.3 Å². The summed E-state index contributed by atoms with van der Waals surface area (Å²) in [6.07, 6.45) is 1.13. The van der Waals surface area contributed by atoms with Gasteiger partial charge < -0.3 is 10.6 Å². The molecule has 0 aromatic heterocycles. The first kappa shape index (κ1) is 15.3. The molecule has 1 aliphatic rings. The molecule has 18 heavy (non-hydrogen) atoms. The highest BCUT2D eigenvalue weighted by atomic mass is 35.5. The molecule has 1 aromatic carbocycles. The second-order valence-corrected chi connectivity index (χ2v) is 4.96.